The Bertz CT molecular complexity index is 1420. The van der Waals surface area contributed by atoms with Crippen LogP contribution in [0.3, 0.4) is 0 Å². The Kier molecular flexibility index (Phi) is 4.81. The van der Waals surface area contributed by atoms with Gasteiger partial charge < -0.3 is 9.64 Å². The van der Waals surface area contributed by atoms with Crippen LogP contribution in [0.5, 0.6) is 0 Å². The quantitative estimate of drug-likeness (QED) is 0.552. The molecule has 4 aliphatic rings. The maximum absolute atomic E-state index is 13.2. The number of fused-ring (bicyclic) bond motifs is 5. The summed E-state index contributed by atoms with van der Waals surface area (Å²) in [6.07, 6.45) is 4.31. The Labute approximate surface area is 207 Å². The molecule has 1 unspecified atom stereocenters. The molecule has 4 aliphatic heterocycles. The fourth-order valence-corrected chi connectivity index (χ4v) is 6.48. The first-order chi connectivity index (χ1) is 17.5. The molecule has 3 aromatic rings. The molecule has 9 heteroatoms. The summed E-state index contributed by atoms with van der Waals surface area (Å²) >= 11 is 0. The highest BCUT2D eigenvalue weighted by molar-refractivity contribution is 6.05. The number of hydrogen-bond acceptors (Lipinski definition) is 6. The lowest BCUT2D eigenvalue weighted by Crippen LogP contribution is -2.52. The molecule has 9 nitrogen and oxygen atoms in total. The van der Waals surface area contributed by atoms with Crippen molar-refractivity contribution in [3.8, 4) is 0 Å². The largest absolute Gasteiger partial charge is 0.365 e. The molecule has 0 saturated carbocycles. The smallest absolute Gasteiger partial charge is 0.255 e. The Morgan fingerprint density at radius 1 is 1.08 bits per heavy atom. The first-order valence-corrected chi connectivity index (χ1v) is 12.6. The van der Waals surface area contributed by atoms with E-state index in [1.165, 1.54) is 16.5 Å². The van der Waals surface area contributed by atoms with Crippen LogP contribution in [0, 0.1) is 0 Å². The second kappa shape index (κ2) is 7.97. The van der Waals surface area contributed by atoms with Crippen LogP contribution in [0.1, 0.15) is 58.3 Å². The van der Waals surface area contributed by atoms with Gasteiger partial charge in [-0.15, -0.1) is 0 Å². The highest BCUT2D eigenvalue weighted by atomic mass is 16.5. The van der Waals surface area contributed by atoms with E-state index in [0.29, 0.717) is 25.1 Å². The zero-order valence-electron chi connectivity index (χ0n) is 19.9. The number of piperidine rings is 2. The van der Waals surface area contributed by atoms with Crippen LogP contribution in [-0.4, -0.2) is 56.9 Å². The van der Waals surface area contributed by atoms with Gasteiger partial charge in [0, 0.05) is 43.5 Å². The van der Waals surface area contributed by atoms with Gasteiger partial charge >= 0.3 is 0 Å². The van der Waals surface area contributed by atoms with Gasteiger partial charge in [0.15, 0.2) is 0 Å². The molecule has 0 radical (unpaired) electrons. The Morgan fingerprint density at radius 3 is 2.78 bits per heavy atom. The van der Waals surface area contributed by atoms with Crippen LogP contribution in [0.4, 0.5) is 0 Å². The van der Waals surface area contributed by atoms with Crippen molar-refractivity contribution in [1.29, 1.82) is 0 Å². The molecule has 3 amide bonds. The van der Waals surface area contributed by atoms with Crippen molar-refractivity contribution >= 4 is 28.6 Å². The number of carbonyl (C=O) groups is 3. The van der Waals surface area contributed by atoms with Gasteiger partial charge in [0.1, 0.15) is 6.04 Å². The number of nitrogens with one attached hydrogen (secondary N) is 2. The number of carbonyl (C=O) groups excluding carboxylic acids is 3. The maximum Gasteiger partial charge on any atom is 0.255 e. The number of amides is 3. The Hall–Kier alpha value is -3.56. The molecular formula is C27H27N5O4. The maximum atomic E-state index is 13.2. The van der Waals surface area contributed by atoms with Crippen LogP contribution >= 0.6 is 0 Å². The molecule has 2 fully saturated rings. The molecule has 1 spiro atoms. The van der Waals surface area contributed by atoms with Crippen molar-refractivity contribution in [1.82, 2.24) is 25.3 Å². The standard InChI is InChI=1S/C27H27N5O4/c33-24-7-6-23(25(34)29-24)32-14-19-17(26(32)35)4-5-21-20(19)15-36-27(21)8-10-31(11-9-27)13-16-2-1-3-22-18(16)12-28-30-22/h1-5,12,23H,6-11,13-15H2,(H,28,30)(H,29,33,34). The van der Waals surface area contributed by atoms with Gasteiger partial charge in [-0.3, -0.25) is 29.7 Å². The zero-order valence-corrected chi connectivity index (χ0v) is 19.9. The summed E-state index contributed by atoms with van der Waals surface area (Å²) in [5.41, 5.74) is 5.94. The number of aromatic nitrogens is 2. The molecule has 5 heterocycles. The van der Waals surface area contributed by atoms with E-state index in [0.717, 1.165) is 49.1 Å². The summed E-state index contributed by atoms with van der Waals surface area (Å²) in [6.45, 7) is 3.60. The van der Waals surface area contributed by atoms with Gasteiger partial charge in [0.2, 0.25) is 11.8 Å². The summed E-state index contributed by atoms with van der Waals surface area (Å²) in [7, 11) is 0. The summed E-state index contributed by atoms with van der Waals surface area (Å²) < 4.78 is 6.49. The first kappa shape index (κ1) is 21.7. The molecule has 0 bridgehead atoms. The second-order valence-electron chi connectivity index (χ2n) is 10.3. The summed E-state index contributed by atoms with van der Waals surface area (Å²) in [5.74, 6) is -0.786. The topological polar surface area (TPSA) is 108 Å². The van der Waals surface area contributed by atoms with E-state index in [4.69, 9.17) is 4.74 Å². The Balaban J connectivity index is 1.10. The zero-order chi connectivity index (χ0) is 24.4. The molecule has 2 aromatic carbocycles. The number of imide groups is 1. The number of likely N-dealkylation sites (tertiary alicyclic amines) is 1. The third-order valence-electron chi connectivity index (χ3n) is 8.45. The molecule has 7 rings (SSSR count). The predicted octanol–water partition coefficient (Wildman–Crippen LogP) is 2.35. The van der Waals surface area contributed by atoms with Crippen molar-refractivity contribution in [2.24, 2.45) is 0 Å². The molecule has 184 valence electrons. The number of nitrogens with zero attached hydrogens (tertiary/aromatic N) is 3. The number of ether oxygens (including phenoxy) is 1. The monoisotopic (exact) mass is 485 g/mol. The molecular weight excluding hydrogens is 458 g/mol. The van der Waals surface area contributed by atoms with Gasteiger partial charge in [-0.05, 0) is 53.6 Å². The molecule has 0 aliphatic carbocycles. The van der Waals surface area contributed by atoms with Crippen molar-refractivity contribution in [2.75, 3.05) is 13.1 Å². The lowest BCUT2D eigenvalue weighted by Gasteiger charge is -2.39. The van der Waals surface area contributed by atoms with E-state index < -0.39 is 6.04 Å². The van der Waals surface area contributed by atoms with Gasteiger partial charge in [-0.2, -0.15) is 5.10 Å². The SMILES string of the molecule is O=C1CCC(N2Cc3c(ccc4c3COC43CCN(Cc4cccc5[nH]ncc45)CC3)C2=O)C(=O)N1. The minimum absolute atomic E-state index is 0.133. The van der Waals surface area contributed by atoms with E-state index in [1.807, 2.05) is 18.3 Å². The highest BCUT2D eigenvalue weighted by Gasteiger charge is 2.47. The number of benzene rings is 2. The van der Waals surface area contributed by atoms with Crippen LogP contribution in [0.25, 0.3) is 10.9 Å². The highest BCUT2D eigenvalue weighted by Crippen LogP contribution is 2.47. The first-order valence-electron chi connectivity index (χ1n) is 12.6. The molecule has 2 N–H and O–H groups in total. The third kappa shape index (κ3) is 3.23. The normalized spacial score (nSPS) is 23.4. The minimum Gasteiger partial charge on any atom is -0.365 e. The molecule has 1 aromatic heterocycles. The van der Waals surface area contributed by atoms with E-state index in [-0.39, 0.29) is 29.7 Å². The van der Waals surface area contributed by atoms with Gasteiger partial charge in [-0.1, -0.05) is 18.2 Å². The van der Waals surface area contributed by atoms with E-state index in [9.17, 15) is 14.4 Å². The number of hydrogen-bond donors (Lipinski definition) is 2. The van der Waals surface area contributed by atoms with Crippen molar-refractivity contribution in [3.05, 3.63) is 64.3 Å². The lowest BCUT2D eigenvalue weighted by atomic mass is 9.82. The molecule has 36 heavy (non-hydrogen) atoms. The number of rotatable bonds is 3. The second-order valence-corrected chi connectivity index (χ2v) is 10.3. The van der Waals surface area contributed by atoms with E-state index in [2.05, 4.69) is 38.6 Å². The average molecular weight is 486 g/mol. The fourth-order valence-electron chi connectivity index (χ4n) is 6.48. The minimum atomic E-state index is -0.600. The summed E-state index contributed by atoms with van der Waals surface area (Å²) in [5, 5.41) is 10.8. The van der Waals surface area contributed by atoms with Crippen molar-refractivity contribution in [3.63, 3.8) is 0 Å². The van der Waals surface area contributed by atoms with Crippen molar-refractivity contribution < 1.29 is 19.1 Å². The van der Waals surface area contributed by atoms with Gasteiger partial charge in [-0.25, -0.2) is 0 Å². The number of aromatic amines is 1. The number of H-pyrrole nitrogens is 1. The lowest BCUT2D eigenvalue weighted by molar-refractivity contribution is -0.136. The molecule has 2 saturated heterocycles. The van der Waals surface area contributed by atoms with Crippen molar-refractivity contribution in [2.45, 2.75) is 57.0 Å². The average Bonchev–Trinajstić information content (AvgIpc) is 3.58. The predicted molar refractivity (Wildman–Crippen MR) is 130 cm³/mol. The Morgan fingerprint density at radius 2 is 1.94 bits per heavy atom. The van der Waals surface area contributed by atoms with Crippen LogP contribution < -0.4 is 5.32 Å². The van der Waals surface area contributed by atoms with Crippen LogP contribution in [-0.2, 0) is 39.6 Å². The molecule has 1 atom stereocenters. The van der Waals surface area contributed by atoms with Crippen LogP contribution in [0.2, 0.25) is 0 Å². The van der Waals surface area contributed by atoms with Crippen LogP contribution in [0.15, 0.2) is 36.5 Å². The van der Waals surface area contributed by atoms with E-state index in [1.54, 1.807) is 4.90 Å². The third-order valence-corrected chi connectivity index (χ3v) is 8.45. The van der Waals surface area contributed by atoms with Gasteiger partial charge in [0.05, 0.1) is 23.9 Å². The van der Waals surface area contributed by atoms with E-state index >= 15 is 0 Å². The summed E-state index contributed by atoms with van der Waals surface area (Å²) in [6, 6.07) is 9.65. The summed E-state index contributed by atoms with van der Waals surface area (Å²) in [4.78, 5) is 41.3. The fraction of sp³-hybridized carbons (Fsp3) is 0.407. The van der Waals surface area contributed by atoms with Gasteiger partial charge in [0.25, 0.3) is 5.91 Å².